The first kappa shape index (κ1) is 22.1. The highest BCUT2D eigenvalue weighted by Crippen LogP contribution is 2.30. The molecule has 0 fully saturated rings. The second-order valence-corrected chi connectivity index (χ2v) is 6.50. The molecule has 0 aromatic heterocycles. The standard InChI is InChI=1S/C21H24F2N2O4/c1-5-28-18-11-15(8-9-17(18)29-21(22)23)20(27)25(4)12-19(26)24-16-10-13(2)6-7-14(16)3/h6-11,21H,5,12H2,1-4H3,(H,24,26). The predicted molar refractivity (Wildman–Crippen MR) is 106 cm³/mol. The van der Waals surface area contributed by atoms with Crippen LogP contribution in [0.4, 0.5) is 14.5 Å². The van der Waals surface area contributed by atoms with Gasteiger partial charge in [0.05, 0.1) is 13.2 Å². The zero-order valence-electron chi connectivity index (χ0n) is 16.8. The van der Waals surface area contributed by atoms with Gasteiger partial charge >= 0.3 is 6.61 Å². The number of benzene rings is 2. The summed E-state index contributed by atoms with van der Waals surface area (Å²) in [5, 5.41) is 2.79. The largest absolute Gasteiger partial charge is 0.490 e. The zero-order chi connectivity index (χ0) is 21.6. The van der Waals surface area contributed by atoms with Crippen LogP contribution in [0.2, 0.25) is 0 Å². The number of alkyl halides is 2. The maximum atomic E-state index is 12.6. The highest BCUT2D eigenvalue weighted by Gasteiger charge is 2.19. The number of carbonyl (C=O) groups excluding carboxylic acids is 2. The summed E-state index contributed by atoms with van der Waals surface area (Å²) in [6.07, 6.45) is 0. The van der Waals surface area contributed by atoms with Crippen LogP contribution >= 0.6 is 0 Å². The van der Waals surface area contributed by atoms with Gasteiger partial charge in [0.1, 0.15) is 0 Å². The summed E-state index contributed by atoms with van der Waals surface area (Å²) in [6.45, 7) is 2.51. The van der Waals surface area contributed by atoms with Crippen molar-refractivity contribution in [3.8, 4) is 11.5 Å². The van der Waals surface area contributed by atoms with Gasteiger partial charge in [-0.25, -0.2) is 0 Å². The number of hydrogen-bond donors (Lipinski definition) is 1. The molecule has 1 N–H and O–H groups in total. The molecule has 2 aromatic carbocycles. The monoisotopic (exact) mass is 406 g/mol. The van der Waals surface area contributed by atoms with Crippen molar-refractivity contribution in [3.05, 3.63) is 53.1 Å². The number of rotatable bonds is 8. The highest BCUT2D eigenvalue weighted by atomic mass is 19.3. The number of amides is 2. The third-order valence-electron chi connectivity index (χ3n) is 4.10. The molecule has 0 aliphatic heterocycles. The van der Waals surface area contributed by atoms with Gasteiger partial charge in [-0.1, -0.05) is 12.1 Å². The van der Waals surface area contributed by atoms with Gasteiger partial charge in [0.2, 0.25) is 5.91 Å². The average Bonchev–Trinajstić information content (AvgIpc) is 2.65. The van der Waals surface area contributed by atoms with E-state index in [-0.39, 0.29) is 36.1 Å². The minimum atomic E-state index is -3.01. The molecule has 2 amide bonds. The molecule has 156 valence electrons. The molecule has 0 spiro atoms. The van der Waals surface area contributed by atoms with E-state index in [0.29, 0.717) is 5.69 Å². The molecule has 0 bridgehead atoms. The van der Waals surface area contributed by atoms with Gasteiger partial charge in [0.25, 0.3) is 5.91 Å². The minimum Gasteiger partial charge on any atom is -0.490 e. The number of aryl methyl sites for hydroxylation is 2. The van der Waals surface area contributed by atoms with Crippen molar-refractivity contribution in [2.75, 3.05) is 25.5 Å². The van der Waals surface area contributed by atoms with Crippen LogP contribution in [-0.4, -0.2) is 43.5 Å². The van der Waals surface area contributed by atoms with Crippen LogP contribution in [0.1, 0.15) is 28.4 Å². The zero-order valence-corrected chi connectivity index (χ0v) is 16.8. The molecule has 0 aliphatic rings. The van der Waals surface area contributed by atoms with Gasteiger partial charge in [0.15, 0.2) is 11.5 Å². The van der Waals surface area contributed by atoms with Crippen molar-refractivity contribution in [2.24, 2.45) is 0 Å². The van der Waals surface area contributed by atoms with Crippen molar-refractivity contribution >= 4 is 17.5 Å². The lowest BCUT2D eigenvalue weighted by Crippen LogP contribution is -2.35. The molecule has 0 radical (unpaired) electrons. The van der Waals surface area contributed by atoms with Crippen molar-refractivity contribution in [2.45, 2.75) is 27.4 Å². The Morgan fingerprint density at radius 3 is 2.48 bits per heavy atom. The van der Waals surface area contributed by atoms with Crippen LogP contribution in [-0.2, 0) is 4.79 Å². The lowest BCUT2D eigenvalue weighted by Gasteiger charge is -2.19. The van der Waals surface area contributed by atoms with Gasteiger partial charge < -0.3 is 19.7 Å². The normalized spacial score (nSPS) is 10.6. The van der Waals surface area contributed by atoms with Crippen molar-refractivity contribution in [1.82, 2.24) is 4.90 Å². The molecule has 0 unspecified atom stereocenters. The maximum absolute atomic E-state index is 12.6. The highest BCUT2D eigenvalue weighted by molar-refractivity contribution is 5.99. The van der Waals surface area contributed by atoms with Crippen LogP contribution < -0.4 is 14.8 Å². The topological polar surface area (TPSA) is 67.9 Å². The van der Waals surface area contributed by atoms with Crippen molar-refractivity contribution < 1.29 is 27.8 Å². The van der Waals surface area contributed by atoms with Crippen LogP contribution in [0.5, 0.6) is 11.5 Å². The van der Waals surface area contributed by atoms with E-state index < -0.39 is 12.5 Å². The summed E-state index contributed by atoms with van der Waals surface area (Å²) in [7, 11) is 1.48. The molecule has 6 nitrogen and oxygen atoms in total. The molecule has 0 atom stereocenters. The van der Waals surface area contributed by atoms with Crippen molar-refractivity contribution in [1.29, 1.82) is 0 Å². The molecular formula is C21H24F2N2O4. The van der Waals surface area contributed by atoms with E-state index in [1.165, 1.54) is 30.1 Å². The SMILES string of the molecule is CCOc1cc(C(=O)N(C)CC(=O)Nc2cc(C)ccc2C)ccc1OC(F)F. The smallest absolute Gasteiger partial charge is 0.387 e. The number of halogens is 2. The second-order valence-electron chi connectivity index (χ2n) is 6.50. The maximum Gasteiger partial charge on any atom is 0.387 e. The number of anilines is 1. The van der Waals surface area contributed by atoms with E-state index >= 15 is 0 Å². The summed E-state index contributed by atoms with van der Waals surface area (Å²) in [5.74, 6) is -0.927. The van der Waals surface area contributed by atoms with Crippen LogP contribution in [0.3, 0.4) is 0 Å². The molecule has 0 aliphatic carbocycles. The fourth-order valence-corrected chi connectivity index (χ4v) is 2.67. The van der Waals surface area contributed by atoms with E-state index in [2.05, 4.69) is 10.1 Å². The van der Waals surface area contributed by atoms with Gasteiger partial charge in [0, 0.05) is 18.3 Å². The molecule has 0 heterocycles. The van der Waals surface area contributed by atoms with Crippen LogP contribution in [0, 0.1) is 13.8 Å². The van der Waals surface area contributed by atoms with E-state index in [4.69, 9.17) is 4.74 Å². The van der Waals surface area contributed by atoms with E-state index in [9.17, 15) is 18.4 Å². The first-order valence-corrected chi connectivity index (χ1v) is 9.05. The Labute approximate surface area is 168 Å². The Hall–Kier alpha value is -3.16. The third kappa shape index (κ3) is 6.17. The summed E-state index contributed by atoms with van der Waals surface area (Å²) in [5.41, 5.74) is 2.79. The summed E-state index contributed by atoms with van der Waals surface area (Å²) in [6, 6.07) is 9.61. The Kier molecular flexibility index (Phi) is 7.52. The Bertz CT molecular complexity index is 887. The fourth-order valence-electron chi connectivity index (χ4n) is 2.67. The Morgan fingerprint density at radius 1 is 1.10 bits per heavy atom. The van der Waals surface area contributed by atoms with Gasteiger partial charge in [-0.2, -0.15) is 8.78 Å². The second kappa shape index (κ2) is 9.86. The number of ether oxygens (including phenoxy) is 2. The molecule has 8 heteroatoms. The minimum absolute atomic E-state index is 0.0342. The first-order chi connectivity index (χ1) is 13.7. The van der Waals surface area contributed by atoms with Gasteiger partial charge in [-0.15, -0.1) is 0 Å². The lowest BCUT2D eigenvalue weighted by molar-refractivity contribution is -0.116. The number of nitrogens with zero attached hydrogens (tertiary/aromatic N) is 1. The number of likely N-dealkylation sites (N-methyl/N-ethyl adjacent to an activating group) is 1. The van der Waals surface area contributed by atoms with E-state index in [1.807, 2.05) is 32.0 Å². The summed E-state index contributed by atoms with van der Waals surface area (Å²) >= 11 is 0. The number of nitrogens with one attached hydrogen (secondary N) is 1. The Balaban J connectivity index is 2.09. The predicted octanol–water partition coefficient (Wildman–Crippen LogP) is 4.01. The van der Waals surface area contributed by atoms with Crippen LogP contribution in [0.25, 0.3) is 0 Å². The van der Waals surface area contributed by atoms with Crippen LogP contribution in [0.15, 0.2) is 36.4 Å². The lowest BCUT2D eigenvalue weighted by atomic mass is 10.1. The number of hydrogen-bond acceptors (Lipinski definition) is 4. The van der Waals surface area contributed by atoms with Crippen molar-refractivity contribution in [3.63, 3.8) is 0 Å². The number of carbonyl (C=O) groups is 2. The Morgan fingerprint density at radius 2 is 1.83 bits per heavy atom. The fraction of sp³-hybridized carbons (Fsp3) is 0.333. The molecule has 2 aromatic rings. The average molecular weight is 406 g/mol. The summed E-state index contributed by atoms with van der Waals surface area (Å²) < 4.78 is 34.7. The molecule has 2 rings (SSSR count). The molecular weight excluding hydrogens is 382 g/mol. The molecule has 0 saturated carbocycles. The van der Waals surface area contributed by atoms with Gasteiger partial charge in [-0.05, 0) is 56.2 Å². The first-order valence-electron chi connectivity index (χ1n) is 9.05. The third-order valence-corrected chi connectivity index (χ3v) is 4.10. The van der Waals surface area contributed by atoms with E-state index in [1.54, 1.807) is 6.92 Å². The van der Waals surface area contributed by atoms with Gasteiger partial charge in [-0.3, -0.25) is 9.59 Å². The molecule has 29 heavy (non-hydrogen) atoms. The quantitative estimate of drug-likeness (QED) is 0.719. The van der Waals surface area contributed by atoms with E-state index in [0.717, 1.165) is 11.1 Å². The molecule has 0 saturated heterocycles. The summed E-state index contributed by atoms with van der Waals surface area (Å²) in [4.78, 5) is 26.2.